The van der Waals surface area contributed by atoms with Crippen molar-refractivity contribution in [2.75, 3.05) is 0 Å². The Hall–Kier alpha value is -5.64. The van der Waals surface area contributed by atoms with Crippen LogP contribution in [0.2, 0.25) is 0 Å². The minimum absolute atomic E-state index is 0.127. The number of fused-ring (bicyclic) bond motifs is 8. The molecule has 0 N–H and O–H groups in total. The van der Waals surface area contributed by atoms with Crippen LogP contribution < -0.4 is 0 Å². The summed E-state index contributed by atoms with van der Waals surface area (Å²) in [5, 5.41) is 6.22. The van der Waals surface area contributed by atoms with Gasteiger partial charge >= 0.3 is 0 Å². The third kappa shape index (κ3) is 4.09. The summed E-state index contributed by atoms with van der Waals surface area (Å²) in [5.41, 5.74) is 13.2. The van der Waals surface area contributed by atoms with Crippen LogP contribution in [0.25, 0.3) is 86.7 Å². The highest BCUT2D eigenvalue weighted by Crippen LogP contribution is 2.69. The van der Waals surface area contributed by atoms with Crippen molar-refractivity contribution in [1.82, 2.24) is 9.97 Å². The van der Waals surface area contributed by atoms with Crippen LogP contribution in [0.5, 0.6) is 0 Å². The average molecular weight is 723 g/mol. The number of rotatable bonds is 3. The summed E-state index contributed by atoms with van der Waals surface area (Å²) >= 11 is 1.81. The molecule has 0 amide bonds. The molecule has 0 saturated heterocycles. The third-order valence-electron chi connectivity index (χ3n) is 14.3. The molecule has 55 heavy (non-hydrogen) atoms. The van der Waals surface area contributed by atoms with Crippen molar-refractivity contribution in [3.05, 3.63) is 157 Å². The van der Waals surface area contributed by atoms with Crippen molar-refractivity contribution in [3.8, 4) is 44.9 Å². The van der Waals surface area contributed by atoms with E-state index >= 15 is 0 Å². The van der Waals surface area contributed by atoms with E-state index in [1.54, 1.807) is 11.1 Å². The first kappa shape index (κ1) is 30.7. The maximum atomic E-state index is 5.51. The molecule has 5 aliphatic carbocycles. The molecule has 7 aromatic carbocycles. The van der Waals surface area contributed by atoms with Crippen LogP contribution in [-0.2, 0) is 5.41 Å². The van der Waals surface area contributed by atoms with Crippen molar-refractivity contribution in [2.45, 2.75) is 37.5 Å². The summed E-state index contributed by atoms with van der Waals surface area (Å²) in [6.07, 6.45) is 7.03. The van der Waals surface area contributed by atoms with Crippen LogP contribution in [0.4, 0.5) is 0 Å². The highest BCUT2D eigenvalue weighted by molar-refractivity contribution is 7.26. The van der Waals surface area contributed by atoms with Crippen molar-refractivity contribution in [3.63, 3.8) is 0 Å². The fourth-order valence-electron chi connectivity index (χ4n) is 12.5. The van der Waals surface area contributed by atoms with Gasteiger partial charge in [0.1, 0.15) is 0 Å². The number of hydrogen-bond donors (Lipinski definition) is 0. The van der Waals surface area contributed by atoms with Crippen LogP contribution in [0, 0.1) is 23.7 Å². The first-order valence-electron chi connectivity index (χ1n) is 20.2. The molecule has 5 aliphatic rings. The zero-order valence-electron chi connectivity index (χ0n) is 30.5. The average Bonchev–Trinajstić information content (AvgIpc) is 3.75. The lowest BCUT2D eigenvalue weighted by molar-refractivity contribution is -0.0399. The molecule has 4 fully saturated rings. The first-order valence-corrected chi connectivity index (χ1v) is 21.0. The van der Waals surface area contributed by atoms with Crippen LogP contribution in [-0.4, -0.2) is 9.97 Å². The lowest BCUT2D eigenvalue weighted by Crippen LogP contribution is -2.55. The molecule has 0 aliphatic heterocycles. The zero-order chi connectivity index (χ0) is 35.8. The molecule has 262 valence electrons. The van der Waals surface area contributed by atoms with Gasteiger partial charge in [-0.25, -0.2) is 9.97 Å². The highest BCUT2D eigenvalue weighted by atomic mass is 32.1. The summed E-state index contributed by atoms with van der Waals surface area (Å²) in [5.74, 6) is 4.08. The maximum absolute atomic E-state index is 5.51. The Bertz CT molecular complexity index is 2980. The second-order valence-corrected chi connectivity index (χ2v) is 17.9. The van der Waals surface area contributed by atoms with E-state index in [4.69, 9.17) is 9.97 Å². The second kappa shape index (κ2) is 11.2. The Kier molecular flexibility index (Phi) is 6.25. The van der Waals surface area contributed by atoms with E-state index in [0.717, 1.165) is 51.0 Å². The van der Waals surface area contributed by atoms with Gasteiger partial charge in [0.05, 0.1) is 15.9 Å². The SMILES string of the molecule is c1ccc(-c2nc(-c3c4ccccc4c(-c4ccc5c(c4)C4(c6ccccc6-5)C5CC6CC(C5)CC4C6)c4ccccc34)c3sc4ccccc4c3n2)cc1. The van der Waals surface area contributed by atoms with E-state index in [2.05, 4.69) is 146 Å². The van der Waals surface area contributed by atoms with Crippen LogP contribution >= 0.6 is 11.3 Å². The van der Waals surface area contributed by atoms with Gasteiger partial charge < -0.3 is 0 Å². The second-order valence-electron chi connectivity index (χ2n) is 16.9. The molecule has 14 rings (SSSR count). The predicted molar refractivity (Wildman–Crippen MR) is 230 cm³/mol. The van der Waals surface area contributed by atoms with Gasteiger partial charge in [-0.05, 0) is 123 Å². The molecule has 4 bridgehead atoms. The van der Waals surface area contributed by atoms with Crippen LogP contribution in [0.3, 0.4) is 0 Å². The van der Waals surface area contributed by atoms with Gasteiger partial charge in [0.15, 0.2) is 5.82 Å². The lowest BCUT2D eigenvalue weighted by Gasteiger charge is -2.61. The minimum Gasteiger partial charge on any atom is -0.226 e. The molecule has 0 atom stereocenters. The number of thiophene rings is 1. The molecule has 4 saturated carbocycles. The molecular formula is C52H38N2S. The summed E-state index contributed by atoms with van der Waals surface area (Å²) in [4.78, 5) is 10.8. The molecule has 1 spiro atoms. The summed E-state index contributed by atoms with van der Waals surface area (Å²) in [7, 11) is 0. The Morgan fingerprint density at radius 3 is 1.76 bits per heavy atom. The van der Waals surface area contributed by atoms with E-state index in [-0.39, 0.29) is 5.41 Å². The number of hydrogen-bond acceptors (Lipinski definition) is 3. The largest absolute Gasteiger partial charge is 0.226 e. The molecular weight excluding hydrogens is 685 g/mol. The minimum atomic E-state index is 0.127. The highest BCUT2D eigenvalue weighted by Gasteiger charge is 2.61. The van der Waals surface area contributed by atoms with Crippen molar-refractivity contribution < 1.29 is 0 Å². The van der Waals surface area contributed by atoms with Gasteiger partial charge in [0.25, 0.3) is 0 Å². The normalized spacial score (nSPS) is 23.3. The smallest absolute Gasteiger partial charge is 0.160 e. The molecule has 2 heterocycles. The van der Waals surface area contributed by atoms with E-state index in [1.807, 2.05) is 11.3 Å². The Morgan fingerprint density at radius 2 is 1.05 bits per heavy atom. The molecule has 0 radical (unpaired) electrons. The van der Waals surface area contributed by atoms with Gasteiger partial charge in [0, 0.05) is 26.6 Å². The number of benzene rings is 7. The maximum Gasteiger partial charge on any atom is 0.160 e. The number of aromatic nitrogens is 2. The van der Waals surface area contributed by atoms with E-state index in [9.17, 15) is 0 Å². The predicted octanol–water partition coefficient (Wildman–Crippen LogP) is 13.9. The topological polar surface area (TPSA) is 25.8 Å². The number of nitrogens with zero attached hydrogens (tertiary/aromatic N) is 2. The van der Waals surface area contributed by atoms with Gasteiger partial charge in [-0.15, -0.1) is 11.3 Å². The van der Waals surface area contributed by atoms with Crippen LogP contribution in [0.1, 0.15) is 43.2 Å². The molecule has 2 nitrogen and oxygen atoms in total. The quantitative estimate of drug-likeness (QED) is 0.170. The zero-order valence-corrected chi connectivity index (χ0v) is 31.3. The standard InChI is InChI=1S/C52H38N2S/c1-2-12-32(13-3-1)51-53-48-42-19-9-11-21-45(42)55-50(48)49(54-51)47-40-17-6-4-15-38(40)46(39-16-5-7-18-41(39)47)33-22-23-37-36-14-8-10-20-43(36)52(44(37)29-33)34-25-30-24-31(27-34)28-35(52)26-30/h1-23,29-31,34-35H,24-28H2. The lowest BCUT2D eigenvalue weighted by atomic mass is 9.43. The van der Waals surface area contributed by atoms with E-state index in [0.29, 0.717) is 0 Å². The van der Waals surface area contributed by atoms with E-state index in [1.165, 1.54) is 91.6 Å². The fourth-order valence-corrected chi connectivity index (χ4v) is 13.6. The molecule has 9 aromatic rings. The Balaban J connectivity index is 1.10. The van der Waals surface area contributed by atoms with E-state index < -0.39 is 0 Å². The Morgan fingerprint density at radius 1 is 0.473 bits per heavy atom. The van der Waals surface area contributed by atoms with Gasteiger partial charge in [0.2, 0.25) is 0 Å². The van der Waals surface area contributed by atoms with Crippen LogP contribution in [0.15, 0.2) is 146 Å². The first-order chi connectivity index (χ1) is 27.2. The molecule has 3 heteroatoms. The Labute approximate surface area is 324 Å². The summed E-state index contributed by atoms with van der Waals surface area (Å²) < 4.78 is 2.38. The van der Waals surface area contributed by atoms with Crippen molar-refractivity contribution in [2.24, 2.45) is 23.7 Å². The summed E-state index contributed by atoms with van der Waals surface area (Å²) in [6.45, 7) is 0. The third-order valence-corrected chi connectivity index (χ3v) is 15.4. The monoisotopic (exact) mass is 722 g/mol. The molecule has 2 aromatic heterocycles. The van der Waals surface area contributed by atoms with Gasteiger partial charge in [-0.2, -0.15) is 0 Å². The van der Waals surface area contributed by atoms with Crippen molar-refractivity contribution in [1.29, 1.82) is 0 Å². The summed E-state index contributed by atoms with van der Waals surface area (Å²) in [6, 6.07) is 54.4. The van der Waals surface area contributed by atoms with Crippen molar-refractivity contribution >= 4 is 53.2 Å². The molecule has 0 unspecified atom stereocenters. The fraction of sp³-hybridized carbons (Fsp3) is 0.192. The van der Waals surface area contributed by atoms with Gasteiger partial charge in [-0.1, -0.05) is 133 Å². The van der Waals surface area contributed by atoms with Gasteiger partial charge in [-0.3, -0.25) is 0 Å².